The lowest BCUT2D eigenvalue weighted by molar-refractivity contribution is -0.124. The third kappa shape index (κ3) is 5.81. The van der Waals surface area contributed by atoms with E-state index in [1.54, 1.807) is 0 Å². The van der Waals surface area contributed by atoms with Crippen LogP contribution in [0.3, 0.4) is 0 Å². The Morgan fingerprint density at radius 2 is 1.93 bits per heavy atom. The van der Waals surface area contributed by atoms with Gasteiger partial charge in [0.2, 0.25) is 5.91 Å². The van der Waals surface area contributed by atoms with Crippen LogP contribution in [0.1, 0.15) is 58.9 Å². The van der Waals surface area contributed by atoms with Crippen LogP contribution in [0.2, 0.25) is 0 Å². The van der Waals surface area contributed by atoms with E-state index in [2.05, 4.69) is 73.6 Å². The zero-order valence-corrected chi connectivity index (χ0v) is 18.2. The average Bonchev–Trinajstić information content (AvgIpc) is 3.20. The monoisotopic (exact) mass is 385 g/mol. The molecule has 1 aliphatic heterocycles. The molecular weight excluding hydrogens is 346 g/mol. The quantitative estimate of drug-likeness (QED) is 0.715. The smallest absolute Gasteiger partial charge is 0.237 e. The third-order valence-corrected chi connectivity index (χ3v) is 6.28. The van der Waals surface area contributed by atoms with E-state index in [4.69, 9.17) is 0 Å². The van der Waals surface area contributed by atoms with Crippen LogP contribution in [0.4, 0.5) is 0 Å². The van der Waals surface area contributed by atoms with Gasteiger partial charge in [-0.3, -0.25) is 9.69 Å². The fourth-order valence-electron chi connectivity index (χ4n) is 4.83. The summed E-state index contributed by atoms with van der Waals surface area (Å²) < 4.78 is 0. The third-order valence-electron chi connectivity index (χ3n) is 6.28. The van der Waals surface area contributed by atoms with E-state index in [0.717, 1.165) is 44.8 Å². The molecule has 1 aromatic rings. The Balaban J connectivity index is 1.53. The maximum atomic E-state index is 13.0. The van der Waals surface area contributed by atoms with Crippen LogP contribution >= 0.6 is 0 Å². The summed E-state index contributed by atoms with van der Waals surface area (Å²) in [5, 5.41) is 6.94. The molecule has 0 bridgehead atoms. The molecule has 156 valence electrons. The number of amides is 1. The molecule has 3 rings (SSSR count). The van der Waals surface area contributed by atoms with E-state index in [0.29, 0.717) is 12.0 Å². The summed E-state index contributed by atoms with van der Waals surface area (Å²) in [6.45, 7) is 13.0. The Bertz CT molecular complexity index is 624. The molecule has 2 N–H and O–H groups in total. The number of benzene rings is 1. The van der Waals surface area contributed by atoms with E-state index in [-0.39, 0.29) is 17.4 Å². The highest BCUT2D eigenvalue weighted by Gasteiger charge is 2.43. The molecule has 1 saturated heterocycles. The van der Waals surface area contributed by atoms with Crippen molar-refractivity contribution in [3.63, 3.8) is 0 Å². The Labute approximate surface area is 171 Å². The Hall–Kier alpha value is -1.39. The predicted octanol–water partition coefficient (Wildman–Crippen LogP) is 3.82. The summed E-state index contributed by atoms with van der Waals surface area (Å²) in [5.74, 6) is 1.55. The molecule has 4 heteroatoms. The molecule has 0 aromatic heterocycles. The van der Waals surface area contributed by atoms with Gasteiger partial charge in [0, 0.05) is 32.2 Å². The van der Waals surface area contributed by atoms with Crippen LogP contribution in [-0.2, 0) is 11.3 Å². The van der Waals surface area contributed by atoms with Crippen molar-refractivity contribution < 1.29 is 4.79 Å². The molecule has 4 nitrogen and oxygen atoms in total. The number of hydrogen-bond donors (Lipinski definition) is 2. The lowest BCUT2D eigenvalue weighted by Gasteiger charge is -2.27. The van der Waals surface area contributed by atoms with E-state index in [1.807, 2.05) is 0 Å². The Morgan fingerprint density at radius 3 is 2.61 bits per heavy atom. The SMILES string of the molecule is CCC[C@H](NCC(C)(C)C)C(=O)N[C@@H]1CC[C@H]2CN(Cc3ccccc3)C[C@H]21. The second-order valence-electron chi connectivity index (χ2n) is 10.1. The Morgan fingerprint density at radius 1 is 1.18 bits per heavy atom. The van der Waals surface area contributed by atoms with Gasteiger partial charge in [0.25, 0.3) is 0 Å². The molecule has 28 heavy (non-hydrogen) atoms. The molecule has 0 radical (unpaired) electrons. The maximum absolute atomic E-state index is 13.0. The van der Waals surface area contributed by atoms with Gasteiger partial charge in [0.1, 0.15) is 0 Å². The van der Waals surface area contributed by atoms with E-state index in [9.17, 15) is 4.79 Å². The first-order chi connectivity index (χ1) is 13.4. The first kappa shape index (κ1) is 21.3. The standard InChI is InChI=1S/C24H39N3O/c1-5-9-22(25-17-24(2,3)4)23(28)26-21-13-12-19-15-27(16-20(19)21)14-18-10-7-6-8-11-18/h6-8,10-11,19-22,25H,5,9,12-17H2,1-4H3,(H,26,28)/t19-,20+,21+,22-/m0/s1. The molecule has 1 heterocycles. The van der Waals surface area contributed by atoms with Crippen LogP contribution in [0.15, 0.2) is 30.3 Å². The van der Waals surface area contributed by atoms with E-state index >= 15 is 0 Å². The van der Waals surface area contributed by atoms with Crippen molar-refractivity contribution in [2.45, 2.75) is 72.0 Å². The minimum absolute atomic E-state index is 0.0647. The van der Waals surface area contributed by atoms with Gasteiger partial charge in [-0.25, -0.2) is 0 Å². The van der Waals surface area contributed by atoms with Crippen molar-refractivity contribution in [3.8, 4) is 0 Å². The van der Waals surface area contributed by atoms with Crippen molar-refractivity contribution in [3.05, 3.63) is 35.9 Å². The summed E-state index contributed by atoms with van der Waals surface area (Å²) in [7, 11) is 0. The highest BCUT2D eigenvalue weighted by atomic mass is 16.2. The molecule has 0 unspecified atom stereocenters. The highest BCUT2D eigenvalue weighted by molar-refractivity contribution is 5.82. The topological polar surface area (TPSA) is 44.4 Å². The van der Waals surface area contributed by atoms with Gasteiger partial charge in [-0.05, 0) is 42.1 Å². The summed E-state index contributed by atoms with van der Waals surface area (Å²) >= 11 is 0. The van der Waals surface area contributed by atoms with Crippen LogP contribution in [-0.4, -0.2) is 42.5 Å². The van der Waals surface area contributed by atoms with Crippen molar-refractivity contribution in [2.24, 2.45) is 17.3 Å². The lowest BCUT2D eigenvalue weighted by Crippen LogP contribution is -2.50. The summed E-state index contributed by atoms with van der Waals surface area (Å²) in [6.07, 6.45) is 4.31. The number of fused-ring (bicyclic) bond motifs is 1. The molecule has 1 saturated carbocycles. The zero-order chi connectivity index (χ0) is 20.1. The predicted molar refractivity (Wildman–Crippen MR) is 116 cm³/mol. The molecule has 1 amide bonds. The summed E-state index contributed by atoms with van der Waals surface area (Å²) in [5.41, 5.74) is 1.58. The van der Waals surface area contributed by atoms with Crippen LogP contribution in [0.5, 0.6) is 0 Å². The Kier molecular flexibility index (Phi) is 7.16. The van der Waals surface area contributed by atoms with Crippen LogP contribution < -0.4 is 10.6 Å². The molecule has 0 spiro atoms. The molecule has 4 atom stereocenters. The van der Waals surface area contributed by atoms with E-state index < -0.39 is 0 Å². The lowest BCUT2D eigenvalue weighted by atomic mass is 9.95. The van der Waals surface area contributed by atoms with Gasteiger partial charge < -0.3 is 10.6 Å². The average molecular weight is 386 g/mol. The molecule has 2 fully saturated rings. The van der Waals surface area contributed by atoms with Gasteiger partial charge >= 0.3 is 0 Å². The number of carbonyl (C=O) groups is 1. The molecule has 2 aliphatic rings. The zero-order valence-electron chi connectivity index (χ0n) is 18.2. The van der Waals surface area contributed by atoms with Gasteiger partial charge in [-0.1, -0.05) is 64.4 Å². The second kappa shape index (κ2) is 9.41. The molecule has 1 aromatic carbocycles. The normalized spacial score (nSPS) is 26.2. The number of likely N-dealkylation sites (tertiary alicyclic amines) is 1. The van der Waals surface area contributed by atoms with Crippen molar-refractivity contribution in [1.29, 1.82) is 0 Å². The number of nitrogens with zero attached hydrogens (tertiary/aromatic N) is 1. The van der Waals surface area contributed by atoms with Gasteiger partial charge in [0.15, 0.2) is 0 Å². The van der Waals surface area contributed by atoms with Crippen molar-refractivity contribution in [1.82, 2.24) is 15.5 Å². The highest BCUT2D eigenvalue weighted by Crippen LogP contribution is 2.38. The number of hydrogen-bond acceptors (Lipinski definition) is 3. The fraction of sp³-hybridized carbons (Fsp3) is 0.708. The first-order valence-electron chi connectivity index (χ1n) is 11.2. The largest absolute Gasteiger partial charge is 0.352 e. The minimum atomic E-state index is -0.0647. The fourth-order valence-corrected chi connectivity index (χ4v) is 4.83. The summed E-state index contributed by atoms with van der Waals surface area (Å²) in [4.78, 5) is 15.6. The van der Waals surface area contributed by atoms with Crippen LogP contribution in [0, 0.1) is 17.3 Å². The van der Waals surface area contributed by atoms with Crippen LogP contribution in [0.25, 0.3) is 0 Å². The second-order valence-corrected chi connectivity index (χ2v) is 10.1. The number of rotatable bonds is 8. The minimum Gasteiger partial charge on any atom is -0.352 e. The van der Waals surface area contributed by atoms with Gasteiger partial charge in [-0.15, -0.1) is 0 Å². The molecule has 1 aliphatic carbocycles. The van der Waals surface area contributed by atoms with Crippen molar-refractivity contribution in [2.75, 3.05) is 19.6 Å². The first-order valence-corrected chi connectivity index (χ1v) is 11.2. The van der Waals surface area contributed by atoms with Crippen molar-refractivity contribution >= 4 is 5.91 Å². The van der Waals surface area contributed by atoms with Gasteiger partial charge in [0.05, 0.1) is 6.04 Å². The number of nitrogens with one attached hydrogen (secondary N) is 2. The van der Waals surface area contributed by atoms with E-state index in [1.165, 1.54) is 18.5 Å². The number of carbonyl (C=O) groups excluding carboxylic acids is 1. The van der Waals surface area contributed by atoms with Gasteiger partial charge in [-0.2, -0.15) is 0 Å². The maximum Gasteiger partial charge on any atom is 0.237 e. The molecular formula is C24H39N3O. The summed E-state index contributed by atoms with van der Waals surface area (Å²) in [6, 6.07) is 11.0.